The summed E-state index contributed by atoms with van der Waals surface area (Å²) < 4.78 is 14.4. The van der Waals surface area contributed by atoms with Crippen LogP contribution in [0.5, 0.6) is 0 Å². The largest absolute Gasteiger partial charge is 0.349 e. The number of halogens is 1. The molecule has 0 aromatic heterocycles. The number of carbonyl (C=O) groups excluding carboxylic acids is 2. The lowest BCUT2D eigenvalue weighted by atomic mass is 9.86. The standard InChI is InChI=1S/C30H29FN2O2S/c1-20-8-2-5-11-25(20)32-29(34)22-16-14-21(15-17-22)18-28-30(35)33(19-23-9-3-4-10-24(23)31)26-12-6-7-13-27(26)36-28/h3-4,6-7,9-10,12-18,20,25H,2,5,8,11,19H2,1H3,(H,32,34)/b28-18-/t20-,25+/m0/s1. The average Bonchev–Trinajstić information content (AvgIpc) is 2.89. The van der Waals surface area contributed by atoms with Gasteiger partial charge in [0.2, 0.25) is 0 Å². The van der Waals surface area contributed by atoms with Crippen molar-refractivity contribution in [3.05, 3.63) is 100 Å². The third-order valence-corrected chi connectivity index (χ3v) is 8.09. The second-order valence-electron chi connectivity index (χ2n) is 9.52. The highest BCUT2D eigenvalue weighted by Crippen LogP contribution is 2.42. The number of benzene rings is 3. The van der Waals surface area contributed by atoms with Gasteiger partial charge < -0.3 is 10.2 Å². The second-order valence-corrected chi connectivity index (χ2v) is 10.6. The number of anilines is 1. The number of nitrogens with zero attached hydrogens (tertiary/aromatic N) is 1. The van der Waals surface area contributed by atoms with E-state index in [9.17, 15) is 14.0 Å². The Labute approximate surface area is 215 Å². The molecule has 1 fully saturated rings. The first kappa shape index (κ1) is 24.3. The van der Waals surface area contributed by atoms with Crippen LogP contribution >= 0.6 is 11.8 Å². The summed E-state index contributed by atoms with van der Waals surface area (Å²) in [5, 5.41) is 3.19. The molecule has 0 radical (unpaired) electrons. The molecule has 0 spiro atoms. The zero-order valence-electron chi connectivity index (χ0n) is 20.2. The van der Waals surface area contributed by atoms with E-state index in [1.165, 1.54) is 24.2 Å². The number of thioether (sulfide) groups is 1. The number of nitrogens with one attached hydrogen (secondary N) is 1. The van der Waals surface area contributed by atoms with Crippen LogP contribution in [0.4, 0.5) is 10.1 Å². The molecular formula is C30H29FN2O2S. The number of fused-ring (bicyclic) bond motifs is 1. The Hall–Kier alpha value is -3.38. The minimum absolute atomic E-state index is 0.0546. The molecule has 6 heteroatoms. The maximum Gasteiger partial charge on any atom is 0.265 e. The van der Waals surface area contributed by atoms with E-state index in [2.05, 4.69) is 12.2 Å². The average molecular weight is 501 g/mol. The molecule has 0 bridgehead atoms. The highest BCUT2D eigenvalue weighted by Gasteiger charge is 2.29. The van der Waals surface area contributed by atoms with Crippen molar-refractivity contribution in [3.8, 4) is 0 Å². The number of carbonyl (C=O) groups is 2. The Balaban J connectivity index is 1.36. The fourth-order valence-corrected chi connectivity index (χ4v) is 5.94. The van der Waals surface area contributed by atoms with Gasteiger partial charge in [0.1, 0.15) is 5.82 Å². The van der Waals surface area contributed by atoms with Gasteiger partial charge >= 0.3 is 0 Å². The Morgan fingerprint density at radius 2 is 1.75 bits per heavy atom. The predicted octanol–water partition coefficient (Wildman–Crippen LogP) is 6.81. The Bertz CT molecular complexity index is 1300. The van der Waals surface area contributed by atoms with Crippen LogP contribution in [0.2, 0.25) is 0 Å². The first-order valence-corrected chi connectivity index (χ1v) is 13.3. The number of hydrogen-bond donors (Lipinski definition) is 1. The van der Waals surface area contributed by atoms with Gasteiger partial charge in [0, 0.05) is 22.1 Å². The lowest BCUT2D eigenvalue weighted by Crippen LogP contribution is -2.41. The van der Waals surface area contributed by atoms with Gasteiger partial charge in [0.05, 0.1) is 17.1 Å². The van der Waals surface area contributed by atoms with Crippen LogP contribution in [0.15, 0.2) is 82.6 Å². The lowest BCUT2D eigenvalue weighted by Gasteiger charge is -2.30. The Morgan fingerprint density at radius 1 is 1.03 bits per heavy atom. The van der Waals surface area contributed by atoms with Crippen LogP contribution in [-0.2, 0) is 11.3 Å². The quantitative estimate of drug-likeness (QED) is 0.391. The van der Waals surface area contributed by atoms with Crippen molar-refractivity contribution in [3.63, 3.8) is 0 Å². The number of rotatable bonds is 5. The first-order valence-electron chi connectivity index (χ1n) is 12.4. The monoisotopic (exact) mass is 500 g/mol. The molecule has 1 N–H and O–H groups in total. The van der Waals surface area contributed by atoms with Crippen LogP contribution in [0.1, 0.15) is 54.1 Å². The first-order chi connectivity index (χ1) is 17.5. The second kappa shape index (κ2) is 10.7. The van der Waals surface area contributed by atoms with E-state index >= 15 is 0 Å². The maximum absolute atomic E-state index is 14.4. The molecule has 2 atom stereocenters. The van der Waals surface area contributed by atoms with E-state index < -0.39 is 0 Å². The summed E-state index contributed by atoms with van der Waals surface area (Å²) >= 11 is 1.41. The predicted molar refractivity (Wildman–Crippen MR) is 143 cm³/mol. The van der Waals surface area contributed by atoms with Crippen LogP contribution in [-0.4, -0.2) is 17.9 Å². The molecule has 36 heavy (non-hydrogen) atoms. The van der Waals surface area contributed by atoms with E-state index in [-0.39, 0.29) is 30.2 Å². The minimum atomic E-state index is -0.331. The van der Waals surface area contributed by atoms with Crippen LogP contribution in [0, 0.1) is 11.7 Å². The third-order valence-electron chi connectivity index (χ3n) is 7.02. The van der Waals surface area contributed by atoms with Crippen LogP contribution in [0.25, 0.3) is 6.08 Å². The highest BCUT2D eigenvalue weighted by atomic mass is 32.2. The number of amides is 2. The smallest absolute Gasteiger partial charge is 0.265 e. The van der Waals surface area contributed by atoms with E-state index in [0.29, 0.717) is 21.9 Å². The van der Waals surface area contributed by atoms with Gasteiger partial charge in [-0.25, -0.2) is 4.39 Å². The van der Waals surface area contributed by atoms with Crippen molar-refractivity contribution in [2.75, 3.05) is 4.90 Å². The van der Waals surface area contributed by atoms with Gasteiger partial charge in [-0.05, 0) is 60.7 Å². The summed E-state index contributed by atoms with van der Waals surface area (Å²) in [6, 6.07) is 21.8. The SMILES string of the molecule is C[C@H]1CCCC[C@H]1NC(=O)c1ccc(/C=C2\Sc3ccccc3N(Cc3ccccc3F)C2=O)cc1. The van der Waals surface area contributed by atoms with Crippen LogP contribution in [0.3, 0.4) is 0 Å². The normalized spacial score (nSPS) is 20.8. The molecule has 0 unspecified atom stereocenters. The van der Waals surface area contributed by atoms with Crippen molar-refractivity contribution in [1.29, 1.82) is 0 Å². The topological polar surface area (TPSA) is 49.4 Å². The van der Waals surface area contributed by atoms with Crippen molar-refractivity contribution in [2.24, 2.45) is 5.92 Å². The van der Waals surface area contributed by atoms with Gasteiger partial charge in [0.15, 0.2) is 0 Å². The molecule has 3 aromatic rings. The van der Waals surface area contributed by atoms with Crippen molar-refractivity contribution < 1.29 is 14.0 Å². The Kier molecular flexibility index (Phi) is 7.23. The molecule has 0 saturated heterocycles. The molecule has 2 amide bonds. The van der Waals surface area contributed by atoms with Gasteiger partial charge in [-0.1, -0.05) is 74.0 Å². The van der Waals surface area contributed by atoms with Crippen LogP contribution < -0.4 is 10.2 Å². The highest BCUT2D eigenvalue weighted by molar-refractivity contribution is 8.04. The zero-order valence-corrected chi connectivity index (χ0v) is 21.1. The summed E-state index contributed by atoms with van der Waals surface area (Å²) in [6.07, 6.45) is 6.41. The number of para-hydroxylation sites is 1. The fourth-order valence-electron chi connectivity index (χ4n) is 4.88. The van der Waals surface area contributed by atoms with Gasteiger partial charge in [-0.2, -0.15) is 0 Å². The molecule has 184 valence electrons. The lowest BCUT2D eigenvalue weighted by molar-refractivity contribution is -0.114. The molecule has 1 aliphatic carbocycles. The fraction of sp³-hybridized carbons (Fsp3) is 0.267. The Morgan fingerprint density at radius 3 is 2.53 bits per heavy atom. The van der Waals surface area contributed by atoms with E-state index in [0.717, 1.165) is 35.4 Å². The summed E-state index contributed by atoms with van der Waals surface area (Å²) in [5.74, 6) is -0.0598. The summed E-state index contributed by atoms with van der Waals surface area (Å²) in [5.41, 5.74) is 2.69. The van der Waals surface area contributed by atoms with Crippen molar-refractivity contribution in [2.45, 2.75) is 50.1 Å². The summed E-state index contributed by atoms with van der Waals surface area (Å²) in [4.78, 5) is 29.4. The third kappa shape index (κ3) is 5.24. The molecule has 1 heterocycles. The van der Waals surface area contributed by atoms with Gasteiger partial charge in [-0.3, -0.25) is 9.59 Å². The van der Waals surface area contributed by atoms with Gasteiger partial charge in [0.25, 0.3) is 11.8 Å². The molecule has 4 nitrogen and oxygen atoms in total. The molecule has 3 aromatic carbocycles. The molecule has 2 aliphatic rings. The number of hydrogen-bond acceptors (Lipinski definition) is 3. The van der Waals surface area contributed by atoms with Crippen molar-refractivity contribution >= 4 is 35.3 Å². The van der Waals surface area contributed by atoms with Gasteiger partial charge in [-0.15, -0.1) is 0 Å². The van der Waals surface area contributed by atoms with E-state index in [1.807, 2.05) is 42.5 Å². The zero-order chi connectivity index (χ0) is 25.1. The molecule has 1 aliphatic heterocycles. The maximum atomic E-state index is 14.4. The van der Waals surface area contributed by atoms with E-state index in [4.69, 9.17) is 0 Å². The molecule has 5 rings (SSSR count). The minimum Gasteiger partial charge on any atom is -0.349 e. The van der Waals surface area contributed by atoms with E-state index in [1.54, 1.807) is 35.2 Å². The summed E-state index contributed by atoms with van der Waals surface area (Å²) in [7, 11) is 0. The van der Waals surface area contributed by atoms with Crippen molar-refractivity contribution in [1.82, 2.24) is 5.32 Å². The summed E-state index contributed by atoms with van der Waals surface area (Å²) in [6.45, 7) is 2.35. The molecular weight excluding hydrogens is 471 g/mol. The molecule has 1 saturated carbocycles.